The van der Waals surface area contributed by atoms with Gasteiger partial charge in [0.2, 0.25) is 0 Å². The molecule has 2 aliphatic heterocycles. The number of carbonyl (C=O) groups excluding carboxylic acids is 1. The van der Waals surface area contributed by atoms with Gasteiger partial charge in [-0.2, -0.15) is 0 Å². The molecule has 3 N–H and O–H groups in total. The van der Waals surface area contributed by atoms with E-state index < -0.39 is 0 Å². The SMILES string of the molecule is CC1CCN(C(=O)c2ccc(-c3ccc4[nH]ccc4c3)c(OCCCN3CCNCC3)c2)c2ccccc2N1. The van der Waals surface area contributed by atoms with Crippen LogP contribution in [0.5, 0.6) is 5.75 Å². The van der Waals surface area contributed by atoms with Crippen molar-refractivity contribution in [1.29, 1.82) is 0 Å². The van der Waals surface area contributed by atoms with Crippen molar-refractivity contribution in [3.05, 3.63) is 78.5 Å². The first-order valence-electron chi connectivity index (χ1n) is 14.1. The van der Waals surface area contributed by atoms with Crippen LogP contribution < -0.4 is 20.3 Å². The number of hydrogen-bond acceptors (Lipinski definition) is 5. The van der Waals surface area contributed by atoms with E-state index in [1.165, 1.54) is 0 Å². The molecule has 4 aromatic rings. The number of aromatic amines is 1. The van der Waals surface area contributed by atoms with Crippen LogP contribution >= 0.6 is 0 Å². The van der Waals surface area contributed by atoms with Crippen molar-refractivity contribution in [1.82, 2.24) is 15.2 Å². The predicted molar refractivity (Wildman–Crippen MR) is 159 cm³/mol. The minimum atomic E-state index is -0.00310. The van der Waals surface area contributed by atoms with Gasteiger partial charge in [0, 0.05) is 68.2 Å². The third-order valence-electron chi connectivity index (χ3n) is 7.81. The van der Waals surface area contributed by atoms with Gasteiger partial charge in [-0.3, -0.25) is 4.79 Å². The van der Waals surface area contributed by atoms with Gasteiger partial charge in [0.05, 0.1) is 18.0 Å². The summed E-state index contributed by atoms with van der Waals surface area (Å²) >= 11 is 0. The zero-order valence-corrected chi connectivity index (χ0v) is 22.6. The highest BCUT2D eigenvalue weighted by molar-refractivity contribution is 6.08. The summed E-state index contributed by atoms with van der Waals surface area (Å²) in [4.78, 5) is 21.6. The zero-order chi connectivity index (χ0) is 26.6. The third-order valence-corrected chi connectivity index (χ3v) is 7.81. The maximum Gasteiger partial charge on any atom is 0.258 e. The second-order valence-electron chi connectivity index (χ2n) is 10.6. The van der Waals surface area contributed by atoms with E-state index >= 15 is 0 Å². The maximum absolute atomic E-state index is 13.9. The number of nitrogens with zero attached hydrogens (tertiary/aromatic N) is 2. The van der Waals surface area contributed by atoms with E-state index in [-0.39, 0.29) is 5.91 Å². The molecule has 0 spiro atoms. The molecule has 1 aromatic heterocycles. The number of amides is 1. The lowest BCUT2D eigenvalue weighted by molar-refractivity contribution is 0.0986. The van der Waals surface area contributed by atoms with Crippen molar-refractivity contribution in [3.63, 3.8) is 0 Å². The summed E-state index contributed by atoms with van der Waals surface area (Å²) < 4.78 is 6.43. The molecule has 6 rings (SSSR count). The van der Waals surface area contributed by atoms with Crippen molar-refractivity contribution in [3.8, 4) is 16.9 Å². The zero-order valence-electron chi connectivity index (χ0n) is 22.6. The van der Waals surface area contributed by atoms with Gasteiger partial charge in [-0.1, -0.05) is 18.2 Å². The summed E-state index contributed by atoms with van der Waals surface area (Å²) in [6, 6.07) is 22.7. The number of H-pyrrole nitrogens is 1. The Labute approximate surface area is 230 Å². The number of aromatic nitrogens is 1. The van der Waals surface area contributed by atoms with Crippen LogP contribution in [0.1, 0.15) is 30.1 Å². The van der Waals surface area contributed by atoms with Crippen LogP contribution in [0.2, 0.25) is 0 Å². The summed E-state index contributed by atoms with van der Waals surface area (Å²) in [5.41, 5.74) is 5.75. The van der Waals surface area contributed by atoms with Crippen LogP contribution in [-0.2, 0) is 0 Å². The van der Waals surface area contributed by atoms with Crippen LogP contribution in [0, 0.1) is 0 Å². The van der Waals surface area contributed by atoms with Gasteiger partial charge in [0.15, 0.2) is 0 Å². The molecular formula is C32H37N5O2. The topological polar surface area (TPSA) is 72.6 Å². The number of piperazine rings is 1. The van der Waals surface area contributed by atoms with E-state index in [2.05, 4.69) is 51.7 Å². The summed E-state index contributed by atoms with van der Waals surface area (Å²) in [6.07, 6.45) is 3.78. The molecule has 2 aliphatic rings. The molecule has 3 heterocycles. The normalized spacial score (nSPS) is 17.9. The number of fused-ring (bicyclic) bond motifs is 2. The van der Waals surface area contributed by atoms with Crippen molar-refractivity contribution < 1.29 is 9.53 Å². The Hall–Kier alpha value is -3.81. The lowest BCUT2D eigenvalue weighted by atomic mass is 10.0. The molecule has 0 aliphatic carbocycles. The first-order chi connectivity index (χ1) is 19.2. The number of anilines is 2. The number of para-hydroxylation sites is 2. The fourth-order valence-electron chi connectivity index (χ4n) is 5.62. The smallest absolute Gasteiger partial charge is 0.258 e. The van der Waals surface area contributed by atoms with Crippen LogP contribution in [0.25, 0.3) is 22.0 Å². The van der Waals surface area contributed by atoms with E-state index in [1.54, 1.807) is 0 Å². The highest BCUT2D eigenvalue weighted by Crippen LogP contribution is 2.35. The van der Waals surface area contributed by atoms with Crippen molar-refractivity contribution in [2.45, 2.75) is 25.8 Å². The third kappa shape index (κ3) is 5.65. The molecule has 39 heavy (non-hydrogen) atoms. The summed E-state index contributed by atoms with van der Waals surface area (Å²) in [5.74, 6) is 0.752. The lowest BCUT2D eigenvalue weighted by Crippen LogP contribution is -2.43. The Kier molecular flexibility index (Phi) is 7.52. The minimum absolute atomic E-state index is 0.00310. The number of carbonyl (C=O) groups is 1. The number of ether oxygens (including phenoxy) is 1. The van der Waals surface area contributed by atoms with Gasteiger partial charge in [-0.15, -0.1) is 0 Å². The Balaban J connectivity index is 1.28. The fraction of sp³-hybridized carbons (Fsp3) is 0.344. The largest absolute Gasteiger partial charge is 0.493 e. The molecular weight excluding hydrogens is 486 g/mol. The molecule has 1 amide bonds. The average molecular weight is 524 g/mol. The highest BCUT2D eigenvalue weighted by atomic mass is 16.5. The molecule has 1 unspecified atom stereocenters. The number of benzene rings is 3. The number of nitrogens with one attached hydrogen (secondary N) is 3. The highest BCUT2D eigenvalue weighted by Gasteiger charge is 2.25. The van der Waals surface area contributed by atoms with Gasteiger partial charge in [-0.05, 0) is 79.2 Å². The van der Waals surface area contributed by atoms with Gasteiger partial charge < -0.3 is 30.2 Å². The summed E-state index contributed by atoms with van der Waals surface area (Å²) in [6.45, 7) is 8.70. The van der Waals surface area contributed by atoms with Gasteiger partial charge >= 0.3 is 0 Å². The van der Waals surface area contributed by atoms with Crippen molar-refractivity contribution in [2.75, 3.05) is 56.1 Å². The minimum Gasteiger partial charge on any atom is -0.493 e. The van der Waals surface area contributed by atoms with Gasteiger partial charge in [0.25, 0.3) is 5.91 Å². The second kappa shape index (κ2) is 11.5. The molecule has 1 atom stereocenters. The summed E-state index contributed by atoms with van der Waals surface area (Å²) in [7, 11) is 0. The predicted octanol–water partition coefficient (Wildman–Crippen LogP) is 5.36. The van der Waals surface area contributed by atoms with Crippen LogP contribution in [0.3, 0.4) is 0 Å². The standard InChI is InChI=1S/C32H37N5O2/c1-23-12-17-37(30-6-3-2-5-29(30)35-23)32(38)26-7-9-27(24-8-10-28-25(21-24)11-13-34-28)31(22-26)39-20-4-16-36-18-14-33-15-19-36/h2-3,5-11,13,21-23,33-35H,4,12,14-20H2,1H3. The Bertz CT molecular complexity index is 1440. The Morgan fingerprint density at radius 3 is 2.77 bits per heavy atom. The molecule has 1 saturated heterocycles. The molecule has 1 fully saturated rings. The Morgan fingerprint density at radius 2 is 1.87 bits per heavy atom. The first-order valence-corrected chi connectivity index (χ1v) is 14.1. The molecule has 0 saturated carbocycles. The van der Waals surface area contributed by atoms with E-state index in [4.69, 9.17) is 4.74 Å². The molecule has 202 valence electrons. The molecule has 0 radical (unpaired) electrons. The van der Waals surface area contributed by atoms with Crippen LogP contribution in [-0.4, -0.2) is 67.7 Å². The van der Waals surface area contributed by atoms with Crippen molar-refractivity contribution in [2.24, 2.45) is 0 Å². The van der Waals surface area contributed by atoms with E-state index in [1.807, 2.05) is 53.6 Å². The summed E-state index contributed by atoms with van der Waals surface area (Å²) in [5, 5.41) is 8.11. The number of hydrogen-bond donors (Lipinski definition) is 3. The monoisotopic (exact) mass is 523 g/mol. The lowest BCUT2D eigenvalue weighted by Gasteiger charge is -2.27. The van der Waals surface area contributed by atoms with Gasteiger partial charge in [0.1, 0.15) is 5.75 Å². The van der Waals surface area contributed by atoms with E-state index in [9.17, 15) is 4.79 Å². The van der Waals surface area contributed by atoms with E-state index in [0.29, 0.717) is 24.8 Å². The molecule has 3 aromatic carbocycles. The Morgan fingerprint density at radius 1 is 1.00 bits per heavy atom. The average Bonchev–Trinajstić information content (AvgIpc) is 3.37. The first kappa shape index (κ1) is 25.5. The van der Waals surface area contributed by atoms with Crippen molar-refractivity contribution >= 4 is 28.2 Å². The molecule has 7 heteroatoms. The second-order valence-corrected chi connectivity index (χ2v) is 10.6. The quantitative estimate of drug-likeness (QED) is 0.285. The molecule has 7 nitrogen and oxygen atoms in total. The maximum atomic E-state index is 13.9. The van der Waals surface area contributed by atoms with Gasteiger partial charge in [-0.25, -0.2) is 0 Å². The number of rotatable bonds is 7. The fourth-order valence-corrected chi connectivity index (χ4v) is 5.62. The van der Waals surface area contributed by atoms with Crippen LogP contribution in [0.15, 0.2) is 72.9 Å². The van der Waals surface area contributed by atoms with E-state index in [0.717, 1.165) is 84.7 Å². The molecule has 0 bridgehead atoms. The van der Waals surface area contributed by atoms with Crippen LogP contribution in [0.4, 0.5) is 11.4 Å².